The summed E-state index contributed by atoms with van der Waals surface area (Å²) in [5, 5.41) is 4.61. The third-order valence-electron chi connectivity index (χ3n) is 6.77. The van der Waals surface area contributed by atoms with Crippen molar-refractivity contribution in [1.29, 1.82) is 0 Å². The van der Waals surface area contributed by atoms with Gasteiger partial charge in [-0.2, -0.15) is 18.3 Å². The van der Waals surface area contributed by atoms with Crippen LogP contribution in [-0.4, -0.2) is 45.0 Å². The smallest absolute Gasteiger partial charge is 0.419 e. The van der Waals surface area contributed by atoms with Crippen LogP contribution < -0.4 is 5.73 Å². The highest BCUT2D eigenvalue weighted by Gasteiger charge is 2.59. The molecule has 1 amide bonds. The molecule has 1 aliphatic heterocycles. The summed E-state index contributed by atoms with van der Waals surface area (Å²) in [6.07, 6.45) is -1.62. The van der Waals surface area contributed by atoms with E-state index >= 15 is 0 Å². The van der Waals surface area contributed by atoms with E-state index in [1.54, 1.807) is 0 Å². The van der Waals surface area contributed by atoms with Gasteiger partial charge in [-0.1, -0.05) is 0 Å². The Bertz CT molecular complexity index is 1020. The van der Waals surface area contributed by atoms with Crippen molar-refractivity contribution >= 4 is 11.9 Å². The Labute approximate surface area is 177 Å². The number of nitrogen functional groups attached to an aromatic ring is 1. The molecule has 0 aromatic carbocycles. The second-order valence-electron chi connectivity index (χ2n) is 8.93. The first-order chi connectivity index (χ1) is 14.6. The fraction of sp³-hybridized carbons (Fsp3) is 0.571. The highest BCUT2D eigenvalue weighted by atomic mass is 19.4. The van der Waals surface area contributed by atoms with Crippen LogP contribution in [0, 0.1) is 11.8 Å². The van der Waals surface area contributed by atoms with E-state index in [4.69, 9.17) is 10.5 Å². The molecule has 4 atom stereocenters. The average molecular weight is 435 g/mol. The second kappa shape index (κ2) is 6.86. The number of carbonyl (C=O) groups is 1. The van der Waals surface area contributed by atoms with Crippen LogP contribution in [0.25, 0.3) is 11.3 Å². The summed E-state index contributed by atoms with van der Waals surface area (Å²) in [7, 11) is 0. The van der Waals surface area contributed by atoms with Crippen molar-refractivity contribution in [3.05, 3.63) is 29.6 Å². The van der Waals surface area contributed by atoms with Gasteiger partial charge in [0, 0.05) is 35.5 Å². The Hall–Kier alpha value is -2.78. The van der Waals surface area contributed by atoms with Crippen LogP contribution >= 0.6 is 0 Å². The first kappa shape index (κ1) is 20.1. The molecule has 3 fully saturated rings. The minimum atomic E-state index is -4.57. The van der Waals surface area contributed by atoms with Crippen LogP contribution in [-0.2, 0) is 10.9 Å². The molecule has 2 aliphatic carbocycles. The van der Waals surface area contributed by atoms with E-state index in [1.807, 2.05) is 29.5 Å². The number of cyclic esters (lactones) is 1. The molecular formula is C21H24F3N5O2. The molecule has 31 heavy (non-hydrogen) atoms. The fourth-order valence-corrected chi connectivity index (χ4v) is 5.30. The molecular weight excluding hydrogens is 411 g/mol. The standard InChI is InChI=1S/C21H24F3N5O2/c1-10(2)29-17(18-13-6-12(7-14(13)18)28-3-4-31-20(28)30)8-16(27-29)11-5-15(21(22,23)24)19(25)26-9-11/h5,8-10,12-14,18H,3-4,6-7H2,1-2H3,(H2,25,26)/t12-,13+,14-,18-. The number of anilines is 1. The lowest BCUT2D eigenvalue weighted by atomic mass is 10.0. The van der Waals surface area contributed by atoms with Crippen LogP contribution in [0.1, 0.15) is 49.9 Å². The SMILES string of the molecule is CC(C)n1nc(-c2cnc(N)c(C(F)(F)F)c2)cc1[C@H]1[C@@H]2C[C@H](N3CCOC3=O)C[C@@H]21. The molecule has 0 bridgehead atoms. The minimum absolute atomic E-state index is 0.0678. The lowest BCUT2D eigenvalue weighted by Gasteiger charge is -2.23. The quantitative estimate of drug-likeness (QED) is 0.782. The highest BCUT2D eigenvalue weighted by molar-refractivity contribution is 5.70. The topological polar surface area (TPSA) is 86.3 Å². The van der Waals surface area contributed by atoms with Crippen LogP contribution in [0.4, 0.5) is 23.8 Å². The van der Waals surface area contributed by atoms with Gasteiger partial charge in [0.1, 0.15) is 12.4 Å². The molecule has 166 valence electrons. The van der Waals surface area contributed by atoms with E-state index < -0.39 is 17.6 Å². The maximum Gasteiger partial charge on any atom is 0.419 e. The van der Waals surface area contributed by atoms with Gasteiger partial charge in [0.25, 0.3) is 0 Å². The minimum Gasteiger partial charge on any atom is -0.448 e. The number of amides is 1. The molecule has 7 nitrogen and oxygen atoms in total. The van der Waals surface area contributed by atoms with Crippen molar-refractivity contribution in [2.45, 2.75) is 50.9 Å². The summed E-state index contributed by atoms with van der Waals surface area (Å²) < 4.78 is 46.7. The van der Waals surface area contributed by atoms with E-state index in [-0.39, 0.29) is 18.2 Å². The largest absolute Gasteiger partial charge is 0.448 e. The lowest BCUT2D eigenvalue weighted by molar-refractivity contribution is -0.137. The number of alkyl halides is 3. The molecule has 3 heterocycles. The van der Waals surface area contributed by atoms with Gasteiger partial charge in [0.2, 0.25) is 0 Å². The summed E-state index contributed by atoms with van der Waals surface area (Å²) >= 11 is 0. The molecule has 2 aromatic heterocycles. The van der Waals surface area contributed by atoms with Gasteiger partial charge in [0.05, 0.1) is 17.8 Å². The predicted molar refractivity (Wildman–Crippen MR) is 106 cm³/mol. The molecule has 2 saturated carbocycles. The van der Waals surface area contributed by atoms with Gasteiger partial charge >= 0.3 is 12.3 Å². The average Bonchev–Trinajstić information content (AvgIpc) is 3.13. The lowest BCUT2D eigenvalue weighted by Crippen LogP contribution is -2.35. The Morgan fingerprint density at radius 1 is 1.23 bits per heavy atom. The number of rotatable bonds is 4. The number of fused-ring (bicyclic) bond motifs is 1. The number of ether oxygens (including phenoxy) is 1. The molecule has 10 heteroatoms. The summed E-state index contributed by atoms with van der Waals surface area (Å²) in [6, 6.07) is 3.18. The monoisotopic (exact) mass is 435 g/mol. The second-order valence-corrected chi connectivity index (χ2v) is 8.93. The number of aromatic nitrogens is 3. The summed E-state index contributed by atoms with van der Waals surface area (Å²) in [5.74, 6) is 0.678. The van der Waals surface area contributed by atoms with Crippen molar-refractivity contribution in [2.24, 2.45) is 11.8 Å². The van der Waals surface area contributed by atoms with Crippen molar-refractivity contribution in [1.82, 2.24) is 19.7 Å². The van der Waals surface area contributed by atoms with E-state index in [2.05, 4.69) is 10.1 Å². The summed E-state index contributed by atoms with van der Waals surface area (Å²) in [6.45, 7) is 5.11. The molecule has 0 radical (unpaired) electrons. The maximum atomic E-state index is 13.3. The van der Waals surface area contributed by atoms with E-state index in [9.17, 15) is 18.0 Å². The van der Waals surface area contributed by atoms with E-state index in [1.165, 1.54) is 6.20 Å². The third-order valence-corrected chi connectivity index (χ3v) is 6.77. The summed E-state index contributed by atoms with van der Waals surface area (Å²) in [5.41, 5.74) is 6.28. The van der Waals surface area contributed by atoms with Gasteiger partial charge < -0.3 is 15.4 Å². The number of halogens is 3. The Kier molecular flexibility index (Phi) is 4.46. The van der Waals surface area contributed by atoms with Crippen LogP contribution in [0.15, 0.2) is 18.3 Å². The first-order valence-electron chi connectivity index (χ1n) is 10.5. The zero-order chi connectivity index (χ0) is 22.1. The normalized spacial score (nSPS) is 27.7. The Morgan fingerprint density at radius 2 is 1.94 bits per heavy atom. The zero-order valence-electron chi connectivity index (χ0n) is 17.3. The van der Waals surface area contributed by atoms with Crippen molar-refractivity contribution < 1.29 is 22.7 Å². The van der Waals surface area contributed by atoms with Crippen molar-refractivity contribution in [3.63, 3.8) is 0 Å². The number of carbonyl (C=O) groups excluding carboxylic acids is 1. The fourth-order valence-electron chi connectivity index (χ4n) is 5.30. The van der Waals surface area contributed by atoms with Crippen molar-refractivity contribution in [3.8, 4) is 11.3 Å². The van der Waals surface area contributed by atoms with Crippen LogP contribution in [0.2, 0.25) is 0 Å². The van der Waals surface area contributed by atoms with E-state index in [0.29, 0.717) is 42.2 Å². The maximum absolute atomic E-state index is 13.3. The third kappa shape index (κ3) is 3.32. The van der Waals surface area contributed by atoms with Gasteiger partial charge in [-0.15, -0.1) is 0 Å². The molecule has 3 aliphatic rings. The number of hydrogen-bond acceptors (Lipinski definition) is 5. The van der Waals surface area contributed by atoms with Gasteiger partial charge in [0.15, 0.2) is 0 Å². The predicted octanol–water partition coefficient (Wildman–Crippen LogP) is 4.07. The zero-order valence-corrected chi connectivity index (χ0v) is 17.3. The molecule has 2 N–H and O–H groups in total. The summed E-state index contributed by atoms with van der Waals surface area (Å²) in [4.78, 5) is 17.4. The Balaban J connectivity index is 1.41. The first-order valence-corrected chi connectivity index (χ1v) is 10.5. The van der Waals surface area contributed by atoms with Crippen LogP contribution in [0.5, 0.6) is 0 Å². The molecule has 2 aromatic rings. The van der Waals surface area contributed by atoms with Crippen LogP contribution in [0.3, 0.4) is 0 Å². The molecule has 5 rings (SSSR count). The molecule has 0 unspecified atom stereocenters. The van der Waals surface area contributed by atoms with E-state index in [0.717, 1.165) is 24.6 Å². The number of nitrogens with zero attached hydrogens (tertiary/aromatic N) is 4. The molecule has 0 spiro atoms. The number of nitrogens with two attached hydrogens (primary N) is 1. The molecule has 1 saturated heterocycles. The number of pyridine rings is 1. The van der Waals surface area contributed by atoms with Gasteiger partial charge in [-0.3, -0.25) is 4.68 Å². The number of hydrogen-bond donors (Lipinski definition) is 1. The van der Waals surface area contributed by atoms with Gasteiger partial charge in [-0.25, -0.2) is 9.78 Å². The van der Waals surface area contributed by atoms with Crippen molar-refractivity contribution in [2.75, 3.05) is 18.9 Å². The van der Waals surface area contributed by atoms with Gasteiger partial charge in [-0.05, 0) is 50.7 Å². The highest BCUT2D eigenvalue weighted by Crippen LogP contribution is 2.64. The Morgan fingerprint density at radius 3 is 2.52 bits per heavy atom.